The van der Waals surface area contributed by atoms with Crippen LogP contribution in [0.5, 0.6) is 0 Å². The van der Waals surface area contributed by atoms with Gasteiger partial charge in [-0.1, -0.05) is 12.8 Å². The fourth-order valence-electron chi connectivity index (χ4n) is 0.902. The maximum Gasteiger partial charge on any atom is 0.129 e. The number of ketones is 1. The molecule has 1 radical (unpaired) electrons. The Morgan fingerprint density at radius 1 is 1.27 bits per heavy atom. The quantitative estimate of drug-likeness (QED) is 0.418. The lowest BCUT2D eigenvalue weighted by molar-refractivity contribution is -0.117. The third kappa shape index (κ3) is 9.59. The van der Waals surface area contributed by atoms with Gasteiger partial charge >= 0.3 is 0 Å². The van der Waals surface area contributed by atoms with Gasteiger partial charge in [-0.2, -0.15) is 0 Å². The Morgan fingerprint density at radius 3 is 2.45 bits per heavy atom. The molecule has 1 N–H and O–H groups in total. The lowest BCUT2D eigenvalue weighted by atomic mass is 10.1. The van der Waals surface area contributed by atoms with E-state index in [2.05, 4.69) is 4.84 Å². The minimum atomic E-state index is 0.266. The molecule has 0 aromatic rings. The van der Waals surface area contributed by atoms with Gasteiger partial charge in [-0.05, 0) is 19.8 Å². The fraction of sp³-hybridized carbons (Fsp3) is 0.875. The summed E-state index contributed by atoms with van der Waals surface area (Å²) in [6, 6.07) is 0. The van der Waals surface area contributed by atoms with Crippen LogP contribution in [0.2, 0.25) is 0 Å². The molecule has 0 aromatic carbocycles. The number of nitrogens with one attached hydrogen (secondary N) is 1. The van der Waals surface area contributed by atoms with E-state index in [1.54, 1.807) is 6.92 Å². The first-order chi connectivity index (χ1) is 5.27. The van der Waals surface area contributed by atoms with Crippen molar-refractivity contribution in [3.8, 4) is 0 Å². The number of unbranched alkanes of at least 4 members (excludes halogenated alkanes) is 3. The molecule has 0 saturated carbocycles. The minimum Gasteiger partial charge on any atom is -0.300 e. The predicted octanol–water partition coefficient (Wildman–Crippen LogP) is 1.74. The second kappa shape index (κ2) is 7.69. The molecule has 11 heavy (non-hydrogen) atoms. The van der Waals surface area contributed by atoms with Crippen molar-refractivity contribution < 1.29 is 9.63 Å². The predicted molar refractivity (Wildman–Crippen MR) is 42.8 cm³/mol. The highest BCUT2D eigenvalue weighted by Gasteiger charge is 1.93. The summed E-state index contributed by atoms with van der Waals surface area (Å²) < 4.78 is 0. The third-order valence-electron chi connectivity index (χ3n) is 1.53. The molecule has 0 aliphatic carbocycles. The molecule has 0 spiro atoms. The summed E-state index contributed by atoms with van der Waals surface area (Å²) in [5.74, 6) is 6.66. The molecule has 65 valence electrons. The standard InChI is InChI=1S/C8H16NO2/c1-8(10)6-4-2-3-5-7-11-9/h9H,2-7H2,1H3. The van der Waals surface area contributed by atoms with Gasteiger partial charge in [-0.3, -0.25) is 4.84 Å². The first kappa shape index (κ1) is 10.6. The second-order valence-corrected chi connectivity index (χ2v) is 2.71. The number of carbonyl (C=O) groups excluding carboxylic acids is 1. The Kier molecular flexibility index (Phi) is 7.41. The summed E-state index contributed by atoms with van der Waals surface area (Å²) in [7, 11) is 0. The molecule has 0 unspecified atom stereocenters. The highest BCUT2D eigenvalue weighted by Crippen LogP contribution is 2.02. The van der Waals surface area contributed by atoms with Crippen LogP contribution >= 0.6 is 0 Å². The van der Waals surface area contributed by atoms with Crippen molar-refractivity contribution in [3.05, 3.63) is 0 Å². The van der Waals surface area contributed by atoms with Crippen LogP contribution in [0, 0.1) is 0 Å². The van der Waals surface area contributed by atoms with Crippen LogP contribution in [0.3, 0.4) is 0 Å². The zero-order chi connectivity index (χ0) is 8.53. The number of rotatable bonds is 7. The van der Waals surface area contributed by atoms with Crippen LogP contribution in [0.25, 0.3) is 0 Å². The Labute approximate surface area is 67.9 Å². The molecule has 0 aliphatic rings. The van der Waals surface area contributed by atoms with Crippen LogP contribution in [0.4, 0.5) is 0 Å². The van der Waals surface area contributed by atoms with Crippen molar-refractivity contribution in [2.75, 3.05) is 6.61 Å². The van der Waals surface area contributed by atoms with E-state index >= 15 is 0 Å². The summed E-state index contributed by atoms with van der Waals surface area (Å²) in [4.78, 5) is 14.6. The zero-order valence-electron chi connectivity index (χ0n) is 7.06. The molecule has 0 fully saturated rings. The summed E-state index contributed by atoms with van der Waals surface area (Å²) in [5, 5.41) is 0. The van der Waals surface area contributed by atoms with Gasteiger partial charge in [-0.15, -0.1) is 5.90 Å². The number of carbonyl (C=O) groups is 1. The highest BCUT2D eigenvalue weighted by molar-refractivity contribution is 5.75. The summed E-state index contributed by atoms with van der Waals surface area (Å²) in [6.45, 7) is 2.13. The number of hydrogen-bond donors (Lipinski definition) is 0. The van der Waals surface area contributed by atoms with Crippen molar-refractivity contribution in [2.45, 2.75) is 39.0 Å². The summed E-state index contributed by atoms with van der Waals surface area (Å²) in [6.07, 6.45) is 4.74. The average Bonchev–Trinajstić information content (AvgIpc) is 1.96. The zero-order valence-corrected chi connectivity index (χ0v) is 7.06. The Balaban J connectivity index is 2.85. The van der Waals surface area contributed by atoms with Crippen LogP contribution in [0.1, 0.15) is 39.0 Å². The Bertz CT molecular complexity index is 104. The smallest absolute Gasteiger partial charge is 0.129 e. The van der Waals surface area contributed by atoms with E-state index in [1.165, 1.54) is 0 Å². The highest BCUT2D eigenvalue weighted by atomic mass is 16.6. The number of Topliss-reactive ketones (excluding diaryl/α,β-unsaturated/α-hetero) is 1. The van der Waals surface area contributed by atoms with Gasteiger partial charge in [0.2, 0.25) is 0 Å². The molecule has 0 saturated heterocycles. The number of hydrogen-bond acceptors (Lipinski definition) is 2. The van der Waals surface area contributed by atoms with Gasteiger partial charge in [0, 0.05) is 6.42 Å². The van der Waals surface area contributed by atoms with Crippen molar-refractivity contribution >= 4 is 5.78 Å². The molecule has 0 atom stereocenters. The van der Waals surface area contributed by atoms with Gasteiger partial charge < -0.3 is 4.79 Å². The van der Waals surface area contributed by atoms with Crippen molar-refractivity contribution in [1.29, 1.82) is 0 Å². The maximum atomic E-state index is 10.5. The van der Waals surface area contributed by atoms with Crippen LogP contribution in [0.15, 0.2) is 0 Å². The first-order valence-corrected chi connectivity index (χ1v) is 4.05. The average molecular weight is 158 g/mol. The molecule has 0 aliphatic heterocycles. The monoisotopic (exact) mass is 158 g/mol. The largest absolute Gasteiger partial charge is 0.300 e. The molecule has 0 rings (SSSR count). The molecular formula is C8H16NO2. The van der Waals surface area contributed by atoms with Gasteiger partial charge in [0.15, 0.2) is 0 Å². The SMILES string of the molecule is CC(=O)CCCCCCO[NH]. The fourth-order valence-corrected chi connectivity index (χ4v) is 0.902. The van der Waals surface area contributed by atoms with Crippen molar-refractivity contribution in [3.63, 3.8) is 0 Å². The van der Waals surface area contributed by atoms with Crippen molar-refractivity contribution in [1.82, 2.24) is 5.90 Å². The lowest BCUT2D eigenvalue weighted by Crippen LogP contribution is -1.92. The van der Waals surface area contributed by atoms with E-state index in [0.717, 1.165) is 25.7 Å². The minimum absolute atomic E-state index is 0.266. The lowest BCUT2D eigenvalue weighted by Gasteiger charge is -1.97. The molecule has 0 aromatic heterocycles. The summed E-state index contributed by atoms with van der Waals surface area (Å²) in [5.41, 5.74) is 0. The van der Waals surface area contributed by atoms with Gasteiger partial charge in [0.05, 0.1) is 6.61 Å². The molecule has 0 bridgehead atoms. The Morgan fingerprint density at radius 2 is 1.91 bits per heavy atom. The van der Waals surface area contributed by atoms with Crippen LogP contribution < -0.4 is 5.90 Å². The van der Waals surface area contributed by atoms with E-state index in [4.69, 9.17) is 5.90 Å². The molecule has 0 heterocycles. The van der Waals surface area contributed by atoms with E-state index in [9.17, 15) is 4.79 Å². The van der Waals surface area contributed by atoms with E-state index in [1.807, 2.05) is 0 Å². The van der Waals surface area contributed by atoms with Crippen molar-refractivity contribution in [2.24, 2.45) is 0 Å². The first-order valence-electron chi connectivity index (χ1n) is 4.05. The van der Waals surface area contributed by atoms with Gasteiger partial charge in [0.25, 0.3) is 0 Å². The van der Waals surface area contributed by atoms with E-state index in [0.29, 0.717) is 13.0 Å². The summed E-state index contributed by atoms with van der Waals surface area (Å²) >= 11 is 0. The molecular weight excluding hydrogens is 142 g/mol. The third-order valence-corrected chi connectivity index (χ3v) is 1.53. The molecule has 3 nitrogen and oxygen atoms in total. The normalized spacial score (nSPS) is 10.0. The van der Waals surface area contributed by atoms with Crippen LogP contribution in [-0.4, -0.2) is 12.4 Å². The molecule has 0 amide bonds. The van der Waals surface area contributed by atoms with E-state index < -0.39 is 0 Å². The van der Waals surface area contributed by atoms with E-state index in [-0.39, 0.29) is 5.78 Å². The van der Waals surface area contributed by atoms with Gasteiger partial charge in [-0.25, -0.2) is 0 Å². The maximum absolute atomic E-state index is 10.5. The Hall–Kier alpha value is -0.410. The molecule has 3 heteroatoms. The van der Waals surface area contributed by atoms with Crippen LogP contribution in [-0.2, 0) is 9.63 Å². The van der Waals surface area contributed by atoms with Gasteiger partial charge in [0.1, 0.15) is 5.78 Å². The topological polar surface area (TPSA) is 50.1 Å². The second-order valence-electron chi connectivity index (χ2n) is 2.71.